The number of nitrogens with zero attached hydrogens (tertiary/aromatic N) is 3. The van der Waals surface area contributed by atoms with E-state index in [1.54, 1.807) is 19.1 Å². The number of hydrogen-bond acceptors (Lipinski definition) is 8. The zero-order valence-electron chi connectivity index (χ0n) is 21.5. The third-order valence-corrected chi connectivity index (χ3v) is 9.26. The predicted molar refractivity (Wildman–Crippen MR) is 140 cm³/mol. The van der Waals surface area contributed by atoms with Crippen LogP contribution in [-0.4, -0.2) is 65.0 Å². The minimum atomic E-state index is -4.47. The maximum atomic E-state index is 13.4. The molecule has 14 heteroatoms. The fourth-order valence-corrected chi connectivity index (χ4v) is 7.01. The Labute approximate surface area is 222 Å². The summed E-state index contributed by atoms with van der Waals surface area (Å²) >= 11 is 0. The molecule has 1 atom stereocenters. The molecule has 12 nitrogen and oxygen atoms in total. The van der Waals surface area contributed by atoms with Gasteiger partial charge >= 0.3 is 13.6 Å². The summed E-state index contributed by atoms with van der Waals surface area (Å²) in [5, 5.41) is 5.42. The van der Waals surface area contributed by atoms with Gasteiger partial charge in [0.2, 0.25) is 0 Å². The van der Waals surface area contributed by atoms with Crippen LogP contribution in [-0.2, 0) is 25.5 Å². The molecular formula is C24H34N5O7PS. The van der Waals surface area contributed by atoms with Crippen molar-refractivity contribution < 1.29 is 32.0 Å². The highest BCUT2D eigenvalue weighted by Crippen LogP contribution is 2.43. The van der Waals surface area contributed by atoms with Crippen LogP contribution in [0.4, 0.5) is 4.79 Å². The molecule has 1 fully saturated rings. The molecule has 3 rings (SSSR count). The third kappa shape index (κ3) is 8.32. The first-order valence-electron chi connectivity index (χ1n) is 12.5. The topological polar surface area (TPSA) is 168 Å². The zero-order chi connectivity index (χ0) is 27.8. The summed E-state index contributed by atoms with van der Waals surface area (Å²) < 4.78 is 44.5. The lowest BCUT2D eigenvalue weighted by Crippen LogP contribution is -2.48. The Morgan fingerprint density at radius 3 is 2.42 bits per heavy atom. The van der Waals surface area contributed by atoms with E-state index in [0.717, 1.165) is 24.8 Å². The molecule has 0 spiro atoms. The Balaban J connectivity index is 1.69. The number of hydrogen-bond donors (Lipinski definition) is 3. The van der Waals surface area contributed by atoms with Crippen LogP contribution in [0.1, 0.15) is 60.8 Å². The van der Waals surface area contributed by atoms with E-state index in [2.05, 4.69) is 20.6 Å². The van der Waals surface area contributed by atoms with Gasteiger partial charge in [-0.3, -0.25) is 14.3 Å². The molecule has 0 saturated heterocycles. The van der Waals surface area contributed by atoms with Crippen LogP contribution in [0, 0.1) is 6.92 Å². The predicted octanol–water partition coefficient (Wildman–Crippen LogP) is 2.97. The van der Waals surface area contributed by atoms with Crippen molar-refractivity contribution in [1.82, 2.24) is 24.9 Å². The van der Waals surface area contributed by atoms with Gasteiger partial charge in [-0.15, -0.1) is 0 Å². The average molecular weight is 568 g/mol. The Hall–Kier alpha value is -2.86. The maximum Gasteiger partial charge on any atom is 0.348 e. The highest BCUT2D eigenvalue weighted by molar-refractivity contribution is 7.90. The molecule has 1 aliphatic carbocycles. The van der Waals surface area contributed by atoms with Crippen LogP contribution in [0.5, 0.6) is 0 Å². The Morgan fingerprint density at radius 1 is 1.13 bits per heavy atom. The largest absolute Gasteiger partial charge is 0.350 e. The van der Waals surface area contributed by atoms with Crippen molar-refractivity contribution in [3.63, 3.8) is 0 Å². The van der Waals surface area contributed by atoms with Gasteiger partial charge in [-0.25, -0.2) is 22.5 Å². The van der Waals surface area contributed by atoms with Gasteiger partial charge < -0.3 is 20.1 Å². The number of amides is 3. The summed E-state index contributed by atoms with van der Waals surface area (Å²) in [5.41, 5.74) is 1.62. The number of nitrogens with one attached hydrogen (secondary N) is 2. The first-order chi connectivity index (χ1) is 18.0. The third-order valence-electron chi connectivity index (χ3n) is 6.02. The second-order valence-corrected chi connectivity index (χ2v) is 12.7. The summed E-state index contributed by atoms with van der Waals surface area (Å²) in [6, 6.07) is 4.59. The van der Waals surface area contributed by atoms with Crippen molar-refractivity contribution in [3.05, 3.63) is 53.6 Å². The highest BCUT2D eigenvalue weighted by Gasteiger charge is 2.37. The van der Waals surface area contributed by atoms with Gasteiger partial charge in [-0.1, -0.05) is 31.4 Å². The number of benzene rings is 1. The molecule has 0 radical (unpaired) electrons. The fourth-order valence-electron chi connectivity index (χ4n) is 4.02. The second kappa shape index (κ2) is 13.3. The molecule has 1 heterocycles. The van der Waals surface area contributed by atoms with E-state index in [-0.39, 0.29) is 35.7 Å². The molecule has 0 bridgehead atoms. The summed E-state index contributed by atoms with van der Waals surface area (Å²) in [5.74, 6) is -0.376. The first kappa shape index (κ1) is 29.7. The normalized spacial score (nSPS) is 15.9. The van der Waals surface area contributed by atoms with E-state index < -0.39 is 29.9 Å². The van der Waals surface area contributed by atoms with Crippen LogP contribution < -0.4 is 10.6 Å². The van der Waals surface area contributed by atoms with Gasteiger partial charge in [0.05, 0.1) is 23.4 Å². The zero-order valence-corrected chi connectivity index (χ0v) is 23.2. The van der Waals surface area contributed by atoms with Gasteiger partial charge in [0.1, 0.15) is 12.0 Å². The maximum absolute atomic E-state index is 13.4. The van der Waals surface area contributed by atoms with Gasteiger partial charge in [-0.05, 0) is 50.8 Å². The second-order valence-electron chi connectivity index (χ2n) is 9.03. The molecule has 3 amide bonds. The molecule has 2 aromatic rings. The van der Waals surface area contributed by atoms with E-state index in [0.29, 0.717) is 29.3 Å². The molecule has 1 aliphatic rings. The van der Waals surface area contributed by atoms with Gasteiger partial charge in [0.25, 0.3) is 15.9 Å². The number of rotatable bonds is 11. The first-order valence-corrected chi connectivity index (χ1v) is 15.7. The van der Waals surface area contributed by atoms with Crippen LogP contribution in [0.2, 0.25) is 0 Å². The van der Waals surface area contributed by atoms with Gasteiger partial charge in [0.15, 0.2) is 0 Å². The van der Waals surface area contributed by atoms with Crippen molar-refractivity contribution in [2.45, 2.75) is 63.3 Å². The molecule has 1 saturated carbocycles. The lowest BCUT2D eigenvalue weighted by Gasteiger charge is -2.28. The van der Waals surface area contributed by atoms with Crippen LogP contribution in [0.3, 0.4) is 0 Å². The number of sulfonamides is 1. The monoisotopic (exact) mass is 567 g/mol. The summed E-state index contributed by atoms with van der Waals surface area (Å²) in [4.78, 5) is 43.2. The lowest BCUT2D eigenvalue weighted by molar-refractivity contribution is 0.0948. The molecule has 1 aromatic carbocycles. The summed E-state index contributed by atoms with van der Waals surface area (Å²) in [7, 11) is -8.87. The van der Waals surface area contributed by atoms with E-state index in [1.807, 2.05) is 0 Å². The van der Waals surface area contributed by atoms with Crippen molar-refractivity contribution in [3.8, 4) is 0 Å². The molecule has 0 aliphatic heterocycles. The minimum Gasteiger partial charge on any atom is -0.350 e. The SMILES string of the molecule is CCOP(=O)(O)CN(C(=O)NC1CCCCC1)S(=O)(=O)c1ccc(CCNC(=O)c2cnc(C)cn2)cc1. The number of aromatic nitrogens is 2. The van der Waals surface area contributed by atoms with Crippen LogP contribution in [0.15, 0.2) is 41.6 Å². The van der Waals surface area contributed by atoms with E-state index >= 15 is 0 Å². The van der Waals surface area contributed by atoms with E-state index in [9.17, 15) is 27.5 Å². The molecular weight excluding hydrogens is 533 g/mol. The van der Waals surface area contributed by atoms with E-state index in [4.69, 9.17) is 4.52 Å². The number of carbonyl (C=O) groups excluding carboxylic acids is 2. The highest BCUT2D eigenvalue weighted by atomic mass is 32.2. The van der Waals surface area contributed by atoms with Crippen molar-refractivity contribution in [1.29, 1.82) is 0 Å². The lowest BCUT2D eigenvalue weighted by atomic mass is 9.96. The van der Waals surface area contributed by atoms with Gasteiger partial charge in [-0.2, -0.15) is 0 Å². The number of carbonyl (C=O) groups is 2. The van der Waals surface area contributed by atoms with Crippen molar-refractivity contribution in [2.75, 3.05) is 19.4 Å². The van der Waals surface area contributed by atoms with Crippen molar-refractivity contribution >= 4 is 29.6 Å². The summed E-state index contributed by atoms with van der Waals surface area (Å²) in [6.45, 7) is 3.42. The number of aryl methyl sites for hydroxylation is 1. The van der Waals surface area contributed by atoms with E-state index in [1.165, 1.54) is 31.5 Å². The standard InChI is InChI=1S/C24H34N5O7PS/c1-3-36-37(32,33)17-29(24(31)28-20-7-5-4-6-8-20)38(34,35)21-11-9-19(10-12-21)13-14-25-23(30)22-16-26-18(2)15-27-22/h9-12,15-16,20H,3-8,13-14,17H2,1-2H3,(H,25,30)(H,28,31)(H,32,33). The molecule has 1 unspecified atom stereocenters. The molecule has 1 aromatic heterocycles. The molecule has 38 heavy (non-hydrogen) atoms. The Morgan fingerprint density at radius 2 is 1.82 bits per heavy atom. The average Bonchev–Trinajstić information content (AvgIpc) is 2.88. The van der Waals surface area contributed by atoms with Crippen LogP contribution >= 0.6 is 7.60 Å². The number of urea groups is 1. The summed E-state index contributed by atoms with van der Waals surface area (Å²) in [6.07, 6.45) is 6.58. The smallest absolute Gasteiger partial charge is 0.348 e. The minimum absolute atomic E-state index is 0.117. The van der Waals surface area contributed by atoms with Crippen LogP contribution in [0.25, 0.3) is 0 Å². The Kier molecular flexibility index (Phi) is 10.4. The Bertz CT molecular complexity index is 1250. The quantitative estimate of drug-likeness (QED) is 0.346. The molecule has 3 N–H and O–H groups in total. The molecule has 208 valence electrons. The van der Waals surface area contributed by atoms with Crippen molar-refractivity contribution in [2.24, 2.45) is 0 Å². The fraction of sp³-hybridized carbons (Fsp3) is 0.500. The van der Waals surface area contributed by atoms with Gasteiger partial charge in [0, 0.05) is 18.8 Å².